The summed E-state index contributed by atoms with van der Waals surface area (Å²) >= 11 is 5.70. The molecule has 0 fully saturated rings. The van der Waals surface area contributed by atoms with Gasteiger partial charge in [0.05, 0.1) is 0 Å². The molecule has 2 aromatic carbocycles. The van der Waals surface area contributed by atoms with E-state index in [1.807, 2.05) is 30.3 Å². The first-order valence-electron chi connectivity index (χ1n) is 5.54. The maximum absolute atomic E-state index is 11.7. The van der Waals surface area contributed by atoms with Crippen molar-refractivity contribution >= 4 is 21.9 Å². The van der Waals surface area contributed by atoms with Crippen molar-refractivity contribution in [3.8, 4) is 5.75 Å². The summed E-state index contributed by atoms with van der Waals surface area (Å²) < 4.78 is 30.6. The Morgan fingerprint density at radius 1 is 1.00 bits per heavy atom. The third-order valence-electron chi connectivity index (χ3n) is 2.32. The van der Waals surface area contributed by atoms with Gasteiger partial charge in [-0.25, -0.2) is 0 Å². The Labute approximate surface area is 117 Å². The van der Waals surface area contributed by atoms with Crippen LogP contribution in [0.15, 0.2) is 54.6 Å². The normalized spacial score (nSPS) is 11.2. The molecule has 1 N–H and O–H groups in total. The number of rotatable bonds is 5. The minimum absolute atomic E-state index is 0.177. The van der Waals surface area contributed by atoms with Crippen LogP contribution in [-0.4, -0.2) is 8.42 Å². The summed E-state index contributed by atoms with van der Waals surface area (Å²) in [7, 11) is -3.84. The molecule has 0 unspecified atom stereocenters. The highest BCUT2D eigenvalue weighted by atomic mass is 35.5. The second-order valence-electron chi connectivity index (χ2n) is 3.80. The van der Waals surface area contributed by atoms with Crippen molar-refractivity contribution in [1.29, 1.82) is 0 Å². The molecule has 0 radical (unpaired) electrons. The Hall–Kier alpha value is -1.56. The van der Waals surface area contributed by atoms with E-state index in [4.69, 9.17) is 15.8 Å². The Morgan fingerprint density at radius 2 is 1.63 bits per heavy atom. The summed E-state index contributed by atoms with van der Waals surface area (Å²) in [5.41, 5.74) is 0.853. The highest BCUT2D eigenvalue weighted by Gasteiger charge is 2.11. The molecule has 0 aliphatic rings. The van der Waals surface area contributed by atoms with E-state index < -0.39 is 10.3 Å². The van der Waals surface area contributed by atoms with Crippen LogP contribution in [0.3, 0.4) is 0 Å². The second-order valence-corrected chi connectivity index (χ2v) is 5.60. The van der Waals surface area contributed by atoms with Crippen LogP contribution in [0.2, 0.25) is 5.02 Å². The summed E-state index contributed by atoms with van der Waals surface area (Å²) in [5, 5.41) is 0.516. The Balaban J connectivity index is 1.97. The van der Waals surface area contributed by atoms with Gasteiger partial charge >= 0.3 is 10.3 Å². The maximum Gasteiger partial charge on any atom is 0.382 e. The minimum Gasteiger partial charge on any atom is -0.371 e. The Morgan fingerprint density at radius 3 is 2.26 bits per heavy atom. The quantitative estimate of drug-likeness (QED) is 0.923. The molecular weight excluding hydrogens is 286 g/mol. The SMILES string of the molecule is O=S(=O)(NCc1ccccc1)Oc1ccc(Cl)cc1. The predicted octanol–water partition coefficient (Wildman–Crippen LogP) is 2.75. The number of benzene rings is 2. The van der Waals surface area contributed by atoms with Crippen LogP contribution >= 0.6 is 11.6 Å². The van der Waals surface area contributed by atoms with Gasteiger partial charge in [0, 0.05) is 11.6 Å². The highest BCUT2D eigenvalue weighted by molar-refractivity contribution is 7.85. The van der Waals surface area contributed by atoms with Gasteiger partial charge in [-0.15, -0.1) is 0 Å². The molecule has 0 aromatic heterocycles. The van der Waals surface area contributed by atoms with E-state index in [1.54, 1.807) is 12.1 Å². The number of nitrogens with one attached hydrogen (secondary N) is 1. The van der Waals surface area contributed by atoms with Gasteiger partial charge in [0.1, 0.15) is 5.75 Å². The van der Waals surface area contributed by atoms with Gasteiger partial charge in [0.2, 0.25) is 0 Å². The third-order valence-corrected chi connectivity index (χ3v) is 3.48. The van der Waals surface area contributed by atoms with Gasteiger partial charge in [-0.2, -0.15) is 13.1 Å². The molecule has 0 saturated carbocycles. The topological polar surface area (TPSA) is 55.4 Å². The zero-order valence-corrected chi connectivity index (χ0v) is 11.5. The van der Waals surface area contributed by atoms with Crippen LogP contribution in [0.1, 0.15) is 5.56 Å². The number of hydrogen-bond acceptors (Lipinski definition) is 3. The monoisotopic (exact) mass is 297 g/mol. The fourth-order valence-electron chi connectivity index (χ4n) is 1.41. The predicted molar refractivity (Wildman–Crippen MR) is 74.3 cm³/mol. The van der Waals surface area contributed by atoms with Gasteiger partial charge < -0.3 is 4.18 Å². The molecule has 6 heteroatoms. The standard InChI is InChI=1S/C13H12ClNO3S/c14-12-6-8-13(9-7-12)18-19(16,17)15-10-11-4-2-1-3-5-11/h1-9,15H,10H2. The third kappa shape index (κ3) is 4.55. The van der Waals surface area contributed by atoms with Crippen molar-refractivity contribution in [2.75, 3.05) is 0 Å². The summed E-state index contributed by atoms with van der Waals surface area (Å²) in [6, 6.07) is 15.3. The fourth-order valence-corrected chi connectivity index (χ4v) is 2.31. The van der Waals surface area contributed by atoms with Gasteiger partial charge in [0.15, 0.2) is 0 Å². The lowest BCUT2D eigenvalue weighted by atomic mass is 10.2. The lowest BCUT2D eigenvalue weighted by Crippen LogP contribution is -2.27. The van der Waals surface area contributed by atoms with Crippen molar-refractivity contribution in [3.05, 3.63) is 65.2 Å². The number of halogens is 1. The van der Waals surface area contributed by atoms with E-state index in [0.29, 0.717) is 5.02 Å². The number of hydrogen-bond donors (Lipinski definition) is 1. The molecule has 0 amide bonds. The van der Waals surface area contributed by atoms with Crippen molar-refractivity contribution < 1.29 is 12.6 Å². The molecule has 19 heavy (non-hydrogen) atoms. The average molecular weight is 298 g/mol. The van der Waals surface area contributed by atoms with Gasteiger partial charge in [-0.3, -0.25) is 0 Å². The van der Waals surface area contributed by atoms with E-state index in [-0.39, 0.29) is 12.3 Å². The molecule has 0 spiro atoms. The van der Waals surface area contributed by atoms with Crippen LogP contribution in [0, 0.1) is 0 Å². The first-order valence-corrected chi connectivity index (χ1v) is 7.32. The van der Waals surface area contributed by atoms with Crippen molar-refractivity contribution in [1.82, 2.24) is 4.72 Å². The molecule has 0 bridgehead atoms. The zero-order valence-electron chi connectivity index (χ0n) is 9.91. The van der Waals surface area contributed by atoms with Crippen LogP contribution in [-0.2, 0) is 16.8 Å². The molecule has 0 aliphatic heterocycles. The van der Waals surface area contributed by atoms with E-state index >= 15 is 0 Å². The summed E-state index contributed by atoms with van der Waals surface area (Å²) in [5.74, 6) is 0.213. The smallest absolute Gasteiger partial charge is 0.371 e. The first-order chi connectivity index (χ1) is 9.05. The lowest BCUT2D eigenvalue weighted by molar-refractivity contribution is 0.471. The highest BCUT2D eigenvalue weighted by Crippen LogP contribution is 2.16. The molecule has 2 rings (SSSR count). The molecule has 100 valence electrons. The molecule has 4 nitrogen and oxygen atoms in total. The van der Waals surface area contributed by atoms with Gasteiger partial charge in [0.25, 0.3) is 0 Å². The van der Waals surface area contributed by atoms with Crippen molar-refractivity contribution in [2.24, 2.45) is 0 Å². The van der Waals surface area contributed by atoms with Crippen molar-refractivity contribution in [3.63, 3.8) is 0 Å². The lowest BCUT2D eigenvalue weighted by Gasteiger charge is -2.08. The van der Waals surface area contributed by atoms with Crippen molar-refractivity contribution in [2.45, 2.75) is 6.54 Å². The van der Waals surface area contributed by atoms with Crippen LogP contribution in [0.5, 0.6) is 5.75 Å². The van der Waals surface area contributed by atoms with E-state index in [2.05, 4.69) is 4.72 Å². The second kappa shape index (κ2) is 6.06. The average Bonchev–Trinajstić information content (AvgIpc) is 2.40. The van der Waals surface area contributed by atoms with Gasteiger partial charge in [-0.05, 0) is 29.8 Å². The molecule has 0 saturated heterocycles. The molecule has 2 aromatic rings. The van der Waals surface area contributed by atoms with Crippen LogP contribution in [0.25, 0.3) is 0 Å². The minimum atomic E-state index is -3.84. The summed E-state index contributed by atoms with van der Waals surface area (Å²) in [6.07, 6.45) is 0. The Bertz CT molecular complexity index is 627. The molecule has 0 atom stereocenters. The Kier molecular flexibility index (Phi) is 4.42. The first kappa shape index (κ1) is 13.9. The molecular formula is C13H12ClNO3S. The fraction of sp³-hybridized carbons (Fsp3) is 0.0769. The zero-order chi connectivity index (χ0) is 13.7. The summed E-state index contributed by atoms with van der Waals surface area (Å²) in [6.45, 7) is 0.177. The largest absolute Gasteiger partial charge is 0.382 e. The van der Waals surface area contributed by atoms with Crippen LogP contribution < -0.4 is 8.91 Å². The van der Waals surface area contributed by atoms with E-state index in [9.17, 15) is 8.42 Å². The van der Waals surface area contributed by atoms with Gasteiger partial charge in [-0.1, -0.05) is 41.9 Å². The van der Waals surface area contributed by atoms with Crippen LogP contribution in [0.4, 0.5) is 0 Å². The molecule has 0 heterocycles. The van der Waals surface area contributed by atoms with E-state index in [1.165, 1.54) is 12.1 Å². The summed E-state index contributed by atoms with van der Waals surface area (Å²) in [4.78, 5) is 0. The van der Waals surface area contributed by atoms with E-state index in [0.717, 1.165) is 5.56 Å². The molecule has 0 aliphatic carbocycles. The maximum atomic E-state index is 11.7.